The van der Waals surface area contributed by atoms with E-state index in [1.54, 1.807) is 0 Å². The number of carbonyl (C=O) groups excluding carboxylic acids is 2. The Bertz CT molecular complexity index is 664. The predicted octanol–water partition coefficient (Wildman–Crippen LogP) is 4.77. The third-order valence-electron chi connectivity index (χ3n) is 4.27. The summed E-state index contributed by atoms with van der Waals surface area (Å²) in [6.07, 6.45) is 4.51. The molecule has 0 radical (unpaired) electrons. The molecule has 0 bridgehead atoms. The molecule has 1 saturated heterocycles. The lowest BCUT2D eigenvalue weighted by molar-refractivity contribution is -0.134. The summed E-state index contributed by atoms with van der Waals surface area (Å²) in [5.41, 5.74) is 0.417. The largest absolute Gasteiger partial charge is 0.443 e. The van der Waals surface area contributed by atoms with Gasteiger partial charge in [0.15, 0.2) is 0 Å². The fourth-order valence-corrected chi connectivity index (χ4v) is 3.00. The Balaban J connectivity index is 1.87. The van der Waals surface area contributed by atoms with E-state index >= 15 is 0 Å². The third kappa shape index (κ3) is 6.55. The van der Waals surface area contributed by atoms with E-state index < -0.39 is 11.7 Å². The van der Waals surface area contributed by atoms with Gasteiger partial charge >= 0.3 is 6.09 Å². The van der Waals surface area contributed by atoms with Gasteiger partial charge in [0.2, 0.25) is 5.91 Å². The lowest BCUT2D eigenvalue weighted by atomic mass is 9.96. The third-order valence-corrected chi connectivity index (χ3v) is 4.27. The second kappa shape index (κ2) is 9.43. The molecule has 2 rings (SSSR count). The van der Waals surface area contributed by atoms with Gasteiger partial charge in [-0.3, -0.25) is 4.79 Å². The minimum absolute atomic E-state index is 0.0900. The molecule has 0 N–H and O–H groups in total. The molecular weight excluding hydrogens is 326 g/mol. The maximum atomic E-state index is 12.7. The van der Waals surface area contributed by atoms with Crippen molar-refractivity contribution in [3.63, 3.8) is 0 Å². The lowest BCUT2D eigenvalue weighted by Crippen LogP contribution is -2.43. The number of benzene rings is 1. The zero-order chi connectivity index (χ0) is 19.0. The van der Waals surface area contributed by atoms with E-state index in [9.17, 15) is 9.59 Å². The van der Waals surface area contributed by atoms with E-state index in [4.69, 9.17) is 4.74 Å². The molecule has 1 heterocycles. The van der Waals surface area contributed by atoms with Gasteiger partial charge in [-0.05, 0) is 58.6 Å². The molecule has 0 spiro atoms. The minimum Gasteiger partial charge on any atom is -0.443 e. The highest BCUT2D eigenvalue weighted by Crippen LogP contribution is 2.24. The van der Waals surface area contributed by atoms with E-state index in [-0.39, 0.29) is 11.8 Å². The van der Waals surface area contributed by atoms with Crippen LogP contribution in [-0.4, -0.2) is 29.0 Å². The second-order valence-electron chi connectivity index (χ2n) is 7.72. The fourth-order valence-electron chi connectivity index (χ4n) is 3.00. The summed E-state index contributed by atoms with van der Waals surface area (Å²) in [4.78, 5) is 26.4. The van der Waals surface area contributed by atoms with Crippen LogP contribution in [0.25, 0.3) is 0 Å². The maximum Gasteiger partial charge on any atom is 0.417 e. The number of imide groups is 1. The topological polar surface area (TPSA) is 46.6 Å². The molecular formula is C22H29NO3. The fraction of sp³-hybridized carbons (Fsp3) is 0.545. The first-order valence-electron chi connectivity index (χ1n) is 9.45. The van der Waals surface area contributed by atoms with Crippen LogP contribution < -0.4 is 0 Å². The maximum absolute atomic E-state index is 12.7. The molecule has 0 saturated carbocycles. The average molecular weight is 355 g/mol. The van der Waals surface area contributed by atoms with Gasteiger partial charge in [-0.25, -0.2) is 9.69 Å². The number of ether oxygens (including phenoxy) is 1. The van der Waals surface area contributed by atoms with Gasteiger partial charge in [0.1, 0.15) is 5.60 Å². The molecule has 0 aliphatic carbocycles. The standard InChI is InChI=1S/C22H29NO3/c1-22(2,3)26-21(25)23-17-11-10-16-19(20(23)24)15-9-5-8-14-18-12-6-4-7-13-18/h4,6-7,12-13,19H,5,9-11,15-17H2,1-3H3. The Morgan fingerprint density at radius 3 is 2.65 bits per heavy atom. The Kier molecular flexibility index (Phi) is 7.26. The van der Waals surface area contributed by atoms with Crippen LogP contribution in [0.3, 0.4) is 0 Å². The lowest BCUT2D eigenvalue weighted by Gasteiger charge is -2.27. The van der Waals surface area contributed by atoms with Gasteiger partial charge in [0, 0.05) is 24.4 Å². The number of nitrogens with zero attached hydrogens (tertiary/aromatic N) is 1. The number of unbranched alkanes of at least 4 members (excludes halogenated alkanes) is 1. The SMILES string of the molecule is CC(C)(C)OC(=O)N1CCCCC(CCCC#Cc2ccccc2)C1=O. The summed E-state index contributed by atoms with van der Waals surface area (Å²) in [7, 11) is 0. The van der Waals surface area contributed by atoms with E-state index in [1.807, 2.05) is 51.1 Å². The summed E-state index contributed by atoms with van der Waals surface area (Å²) < 4.78 is 5.39. The van der Waals surface area contributed by atoms with Gasteiger partial charge in [-0.2, -0.15) is 0 Å². The molecule has 0 aromatic heterocycles. The van der Waals surface area contributed by atoms with Gasteiger partial charge in [0.05, 0.1) is 0 Å². The van der Waals surface area contributed by atoms with Crippen LogP contribution in [0.2, 0.25) is 0 Å². The predicted molar refractivity (Wildman–Crippen MR) is 102 cm³/mol. The molecule has 1 aliphatic heterocycles. The van der Waals surface area contributed by atoms with Crippen molar-refractivity contribution in [3.8, 4) is 11.8 Å². The summed E-state index contributed by atoms with van der Waals surface area (Å²) >= 11 is 0. The first kappa shape index (κ1) is 20.0. The Labute approximate surface area is 156 Å². The Morgan fingerprint density at radius 2 is 1.96 bits per heavy atom. The number of likely N-dealkylation sites (tertiary alicyclic amines) is 1. The van der Waals surface area contributed by atoms with Crippen molar-refractivity contribution in [2.24, 2.45) is 5.92 Å². The molecule has 2 amide bonds. The Morgan fingerprint density at radius 1 is 1.23 bits per heavy atom. The molecule has 1 fully saturated rings. The number of hydrogen-bond acceptors (Lipinski definition) is 3. The second-order valence-corrected chi connectivity index (χ2v) is 7.72. The summed E-state index contributed by atoms with van der Waals surface area (Å²) in [5, 5.41) is 0. The molecule has 4 heteroatoms. The average Bonchev–Trinajstić information content (AvgIpc) is 2.76. The molecule has 140 valence electrons. The van der Waals surface area contributed by atoms with Crippen molar-refractivity contribution in [2.75, 3.05) is 6.54 Å². The molecule has 1 aliphatic rings. The number of carbonyl (C=O) groups is 2. The summed E-state index contributed by atoms with van der Waals surface area (Å²) in [6.45, 7) is 5.90. The van der Waals surface area contributed by atoms with Crippen molar-refractivity contribution in [2.45, 2.75) is 64.9 Å². The normalized spacial score (nSPS) is 17.9. The van der Waals surface area contributed by atoms with Crippen molar-refractivity contribution in [1.29, 1.82) is 0 Å². The molecule has 1 aromatic carbocycles. The summed E-state index contributed by atoms with van der Waals surface area (Å²) in [5.74, 6) is 6.11. The molecule has 1 atom stereocenters. The molecule has 1 aromatic rings. The molecule has 4 nitrogen and oxygen atoms in total. The minimum atomic E-state index is -0.591. The highest BCUT2D eigenvalue weighted by atomic mass is 16.6. The van der Waals surface area contributed by atoms with Crippen LogP contribution in [-0.2, 0) is 9.53 Å². The smallest absolute Gasteiger partial charge is 0.417 e. The monoisotopic (exact) mass is 355 g/mol. The van der Waals surface area contributed by atoms with Crippen molar-refractivity contribution < 1.29 is 14.3 Å². The van der Waals surface area contributed by atoms with Gasteiger partial charge in [0.25, 0.3) is 0 Å². The summed E-state index contributed by atoms with van der Waals surface area (Å²) in [6, 6.07) is 9.89. The quantitative estimate of drug-likeness (QED) is 0.579. The van der Waals surface area contributed by atoms with Crippen molar-refractivity contribution in [1.82, 2.24) is 4.90 Å². The van der Waals surface area contributed by atoms with Gasteiger partial charge in [-0.1, -0.05) is 36.5 Å². The zero-order valence-electron chi connectivity index (χ0n) is 16.1. The van der Waals surface area contributed by atoms with E-state index in [0.717, 1.165) is 44.1 Å². The number of rotatable bonds is 3. The van der Waals surface area contributed by atoms with Crippen LogP contribution in [0.15, 0.2) is 30.3 Å². The van der Waals surface area contributed by atoms with Crippen LogP contribution in [0.5, 0.6) is 0 Å². The van der Waals surface area contributed by atoms with Crippen LogP contribution in [0.1, 0.15) is 64.9 Å². The van der Waals surface area contributed by atoms with Crippen molar-refractivity contribution in [3.05, 3.63) is 35.9 Å². The number of amides is 2. The highest BCUT2D eigenvalue weighted by molar-refractivity contribution is 5.93. The van der Waals surface area contributed by atoms with Crippen LogP contribution in [0.4, 0.5) is 4.79 Å². The van der Waals surface area contributed by atoms with Crippen LogP contribution >= 0.6 is 0 Å². The first-order valence-corrected chi connectivity index (χ1v) is 9.45. The van der Waals surface area contributed by atoms with Gasteiger partial charge < -0.3 is 4.74 Å². The van der Waals surface area contributed by atoms with Gasteiger partial charge in [-0.15, -0.1) is 0 Å². The van der Waals surface area contributed by atoms with Crippen LogP contribution in [0, 0.1) is 17.8 Å². The Hall–Kier alpha value is -2.28. The van der Waals surface area contributed by atoms with E-state index in [1.165, 1.54) is 4.90 Å². The molecule has 1 unspecified atom stereocenters. The van der Waals surface area contributed by atoms with E-state index in [0.29, 0.717) is 6.54 Å². The van der Waals surface area contributed by atoms with E-state index in [2.05, 4.69) is 11.8 Å². The number of hydrogen-bond donors (Lipinski definition) is 0. The molecule has 26 heavy (non-hydrogen) atoms. The highest BCUT2D eigenvalue weighted by Gasteiger charge is 2.33. The van der Waals surface area contributed by atoms with Crippen molar-refractivity contribution >= 4 is 12.0 Å². The zero-order valence-corrected chi connectivity index (χ0v) is 16.1. The first-order chi connectivity index (χ1) is 12.4.